The summed E-state index contributed by atoms with van der Waals surface area (Å²) in [5, 5.41) is 4.16. The molecule has 84 heavy (non-hydrogen) atoms. The van der Waals surface area contributed by atoms with Gasteiger partial charge in [-0.2, -0.15) is 0 Å². The van der Waals surface area contributed by atoms with Gasteiger partial charge in [0.05, 0.1) is 27.7 Å². The van der Waals surface area contributed by atoms with Crippen LogP contribution in [0.4, 0.5) is 0 Å². The number of benzene rings is 9. The molecule has 0 spiro atoms. The fourth-order valence-corrected chi connectivity index (χ4v) is 18.3. The Hall–Kier alpha value is -8.80. The number of aromatic nitrogens is 3. The Kier molecular flexibility index (Phi) is 10.3. The number of para-hydroxylation sites is 3. The van der Waals surface area contributed by atoms with E-state index in [1.165, 1.54) is 172 Å². The summed E-state index contributed by atoms with van der Waals surface area (Å²) in [5.74, 6) is 2.10. The summed E-state index contributed by atoms with van der Waals surface area (Å²) < 4.78 is 16.2. The molecule has 7 aliphatic rings. The topological polar surface area (TPSA) is 24.0 Å². The summed E-state index contributed by atoms with van der Waals surface area (Å²) in [6.45, 7) is -0.153. The molecular weight excluding hydrogens is 1020 g/mol. The van der Waals surface area contributed by atoms with Crippen molar-refractivity contribution in [2.75, 3.05) is 0 Å². The molecule has 0 fully saturated rings. The number of aryl methyl sites for hydroxylation is 3. The van der Waals surface area contributed by atoms with Crippen LogP contribution in [0.5, 0.6) is 11.5 Å². The van der Waals surface area contributed by atoms with Gasteiger partial charge in [0.2, 0.25) is 0 Å². The smallest absolute Gasteiger partial charge is 0.251 e. The maximum Gasteiger partial charge on any atom is 0.251 e. The van der Waals surface area contributed by atoms with Crippen molar-refractivity contribution in [2.24, 2.45) is 0 Å². The zero-order chi connectivity index (χ0) is 54.8. The molecule has 3 aromatic heterocycles. The Bertz CT molecular complexity index is 4780. The average molecular weight is 1080 g/mol. The van der Waals surface area contributed by atoms with Crippen molar-refractivity contribution in [3.05, 3.63) is 278 Å². The lowest BCUT2D eigenvalue weighted by molar-refractivity contribution is 0.482. The number of fused-ring (bicyclic) bond motifs is 15. The van der Waals surface area contributed by atoms with Crippen LogP contribution in [0.2, 0.25) is 0 Å². The van der Waals surface area contributed by atoms with Gasteiger partial charge in [-0.15, -0.1) is 0 Å². The Morgan fingerprint density at radius 3 is 1.68 bits per heavy atom. The molecule has 9 aromatic carbocycles. The van der Waals surface area contributed by atoms with E-state index in [2.05, 4.69) is 214 Å². The maximum absolute atomic E-state index is 8.21. The molecule has 4 nitrogen and oxygen atoms in total. The van der Waals surface area contributed by atoms with E-state index in [0.29, 0.717) is 0 Å². The summed E-state index contributed by atoms with van der Waals surface area (Å²) in [6, 6.07) is 78.5. The highest BCUT2D eigenvalue weighted by molar-refractivity contribution is 6.98. The van der Waals surface area contributed by atoms with Crippen molar-refractivity contribution in [2.45, 2.75) is 108 Å². The largest absolute Gasteiger partial charge is 0.456 e. The Balaban J connectivity index is 0.976. The fourth-order valence-electron chi connectivity index (χ4n) is 18.3. The number of nitrogens with zero attached hydrogens (tertiary/aromatic N) is 3. The number of ether oxygens (including phenoxy) is 1. The zero-order valence-electron chi connectivity index (χ0n) is 47.6. The standard InChI is InChI=1S/C79H64BN3O/c1-4-22-50(23-5-1)79(51-24-6-2-7-25-51)64-46-52(81-68-36-16-12-28-56(68)57-29-13-17-37-69(57)81)42-43-66(64)80-67-47-53(82-70-38-18-14-30-58(70)60-34-20-40-71(60)82)48-74(83-72-39-19-15-31-59(72)61-35-21-41-73(61)83)78(67)84-75-45-49(44-65(79)77(75)80)76-62-32-9-3-8-26-54(62)55-27-10-11-33-63(55)76/h1-2,4-7,10-12,14-16,18-19,22-25,27-28,30-31,33,36,38-39,42-48,76H,3,8-9,13,17,20-21,26,29,32,34-35,37,40-41H2. The van der Waals surface area contributed by atoms with Gasteiger partial charge in [-0.3, -0.25) is 0 Å². The highest BCUT2D eigenvalue weighted by Gasteiger charge is 2.53. The summed E-state index contributed by atoms with van der Waals surface area (Å²) in [6.07, 6.45) is 17.3. The first-order valence-electron chi connectivity index (χ1n) is 31.7. The van der Waals surface area contributed by atoms with Crippen molar-refractivity contribution >= 4 is 61.4 Å². The summed E-state index contributed by atoms with van der Waals surface area (Å²) in [7, 11) is 0. The second-order valence-corrected chi connectivity index (χ2v) is 25.5. The first kappa shape index (κ1) is 47.7. The Morgan fingerprint density at radius 1 is 0.417 bits per heavy atom. The molecule has 404 valence electrons. The van der Waals surface area contributed by atoms with Crippen molar-refractivity contribution < 1.29 is 4.74 Å². The van der Waals surface area contributed by atoms with Gasteiger partial charge in [0, 0.05) is 50.5 Å². The van der Waals surface area contributed by atoms with Crippen LogP contribution >= 0.6 is 0 Å². The molecule has 0 bridgehead atoms. The van der Waals surface area contributed by atoms with E-state index in [1.54, 1.807) is 11.1 Å². The van der Waals surface area contributed by atoms with Crippen LogP contribution in [0.15, 0.2) is 206 Å². The summed E-state index contributed by atoms with van der Waals surface area (Å²) in [5.41, 5.74) is 32.2. The van der Waals surface area contributed by atoms with Gasteiger partial charge in [-0.25, -0.2) is 0 Å². The fraction of sp³-hybridized carbons (Fsp3) is 0.215. The minimum atomic E-state index is -0.734. The van der Waals surface area contributed by atoms with Gasteiger partial charge in [0.15, 0.2) is 0 Å². The van der Waals surface area contributed by atoms with E-state index >= 15 is 0 Å². The van der Waals surface area contributed by atoms with Crippen molar-refractivity contribution in [3.63, 3.8) is 0 Å². The normalized spacial score (nSPS) is 17.8. The van der Waals surface area contributed by atoms with E-state index < -0.39 is 5.41 Å². The van der Waals surface area contributed by atoms with Crippen LogP contribution in [-0.4, -0.2) is 20.4 Å². The van der Waals surface area contributed by atoms with E-state index in [-0.39, 0.29) is 12.6 Å². The van der Waals surface area contributed by atoms with E-state index in [4.69, 9.17) is 4.74 Å². The molecule has 12 aromatic rings. The monoisotopic (exact) mass is 1080 g/mol. The van der Waals surface area contributed by atoms with Crippen molar-refractivity contribution in [1.29, 1.82) is 0 Å². The van der Waals surface area contributed by atoms with Crippen LogP contribution in [0.3, 0.4) is 0 Å². The minimum absolute atomic E-state index is 0.122. The third-order valence-electron chi connectivity index (χ3n) is 21.5. The molecule has 0 amide bonds. The Labute approximate surface area is 491 Å². The first-order chi connectivity index (χ1) is 41.7. The molecule has 5 heteroatoms. The maximum atomic E-state index is 8.21. The molecule has 19 rings (SSSR count). The Morgan fingerprint density at radius 2 is 0.976 bits per heavy atom. The third kappa shape index (κ3) is 6.45. The zero-order valence-corrected chi connectivity index (χ0v) is 47.6. The van der Waals surface area contributed by atoms with Gasteiger partial charge >= 0.3 is 0 Å². The molecule has 0 saturated carbocycles. The first-order valence-corrected chi connectivity index (χ1v) is 31.7. The molecule has 0 N–H and O–H groups in total. The van der Waals surface area contributed by atoms with Crippen LogP contribution in [-0.2, 0) is 43.9 Å². The summed E-state index contributed by atoms with van der Waals surface area (Å²) >= 11 is 0. The second-order valence-electron chi connectivity index (χ2n) is 25.5. The van der Waals surface area contributed by atoms with E-state index in [9.17, 15) is 0 Å². The number of rotatable bonds is 6. The SMILES string of the molecule is c1ccc(C2(c3ccccc3)c3cc(-n4c5c(c6ccccc64)CCCC5)ccc3B3c4cc(-n5c6c(c7ccccc75)CCC6)cc(-n5c6c(c7ccccc75)CCC6)c4Oc4cc(C5C6=C(CCCCC6)c6ccccc65)cc2c43)cc1. The predicted octanol–water partition coefficient (Wildman–Crippen LogP) is 16.6. The quantitative estimate of drug-likeness (QED) is 0.152. The lowest BCUT2D eigenvalue weighted by atomic mass is 9.29. The summed E-state index contributed by atoms with van der Waals surface area (Å²) in [4.78, 5) is 0. The van der Waals surface area contributed by atoms with Gasteiger partial charge in [-0.1, -0.05) is 169 Å². The minimum Gasteiger partial charge on any atom is -0.456 e. The lowest BCUT2D eigenvalue weighted by Gasteiger charge is -2.47. The molecule has 1 unspecified atom stereocenters. The van der Waals surface area contributed by atoms with E-state index in [0.717, 1.165) is 75.0 Å². The molecule has 5 heterocycles. The van der Waals surface area contributed by atoms with Gasteiger partial charge in [0.1, 0.15) is 11.5 Å². The molecule has 5 aliphatic carbocycles. The highest BCUT2D eigenvalue weighted by Crippen LogP contribution is 2.55. The van der Waals surface area contributed by atoms with Gasteiger partial charge in [0.25, 0.3) is 6.71 Å². The number of allylic oxidation sites excluding steroid dienone is 2. The van der Waals surface area contributed by atoms with Crippen molar-refractivity contribution in [1.82, 2.24) is 13.7 Å². The lowest BCUT2D eigenvalue weighted by Crippen LogP contribution is -2.64. The third-order valence-corrected chi connectivity index (χ3v) is 21.5. The predicted molar refractivity (Wildman–Crippen MR) is 345 cm³/mol. The van der Waals surface area contributed by atoms with Crippen LogP contribution in [0.25, 0.3) is 55.3 Å². The number of hydrogen-bond donors (Lipinski definition) is 0. The van der Waals surface area contributed by atoms with Crippen molar-refractivity contribution in [3.8, 4) is 28.6 Å². The van der Waals surface area contributed by atoms with E-state index in [1.807, 2.05) is 0 Å². The second kappa shape index (κ2) is 18.1. The molecule has 0 saturated heterocycles. The molecule has 1 atom stereocenters. The molecular formula is C79H64BN3O. The van der Waals surface area contributed by atoms with Gasteiger partial charge in [-0.05, 0) is 211 Å². The van der Waals surface area contributed by atoms with Crippen LogP contribution in [0.1, 0.15) is 136 Å². The molecule has 0 radical (unpaired) electrons. The molecule has 2 aliphatic heterocycles. The highest BCUT2D eigenvalue weighted by atomic mass is 16.5. The van der Waals surface area contributed by atoms with Crippen LogP contribution < -0.4 is 21.1 Å². The van der Waals surface area contributed by atoms with Crippen LogP contribution in [0, 0.1) is 0 Å². The van der Waals surface area contributed by atoms with Gasteiger partial charge < -0.3 is 18.4 Å². The number of hydrogen-bond acceptors (Lipinski definition) is 1. The average Bonchev–Trinajstić information content (AvgIpc) is 0.923.